The molecule has 0 aliphatic rings. The zero-order valence-corrected chi connectivity index (χ0v) is 14.2. The summed E-state index contributed by atoms with van der Waals surface area (Å²) in [6.07, 6.45) is 2.43. The van der Waals surface area contributed by atoms with Crippen molar-refractivity contribution in [3.63, 3.8) is 0 Å². The molecule has 0 aliphatic heterocycles. The summed E-state index contributed by atoms with van der Waals surface area (Å²) in [4.78, 5) is 2.40. The molecule has 0 heterocycles. The molecular weight excluding hydrogens is 286 g/mol. The molecule has 0 amide bonds. The van der Waals surface area contributed by atoms with Gasteiger partial charge in [0.1, 0.15) is 5.75 Å². The van der Waals surface area contributed by atoms with Crippen molar-refractivity contribution in [2.75, 3.05) is 26.2 Å². The van der Waals surface area contributed by atoms with Crippen LogP contribution in [0.4, 0.5) is 0 Å². The highest BCUT2D eigenvalue weighted by molar-refractivity contribution is 6.30. The van der Waals surface area contributed by atoms with E-state index in [0.717, 1.165) is 43.8 Å². The van der Waals surface area contributed by atoms with Crippen molar-refractivity contribution in [3.8, 4) is 5.75 Å². The van der Waals surface area contributed by atoms with Gasteiger partial charge in [0.25, 0.3) is 0 Å². The fourth-order valence-electron chi connectivity index (χ4n) is 2.49. The number of aliphatic hydroxyl groups is 1. The van der Waals surface area contributed by atoms with Crippen LogP contribution in [0.3, 0.4) is 0 Å². The molecule has 1 rings (SSSR count). The average molecular weight is 314 g/mol. The SMILES string of the molecule is CCCN(CCC)CCC(O)c1cc(Cl)ccc1OCC. The minimum atomic E-state index is -0.540. The minimum absolute atomic E-state index is 0.540. The smallest absolute Gasteiger partial charge is 0.125 e. The van der Waals surface area contributed by atoms with E-state index in [2.05, 4.69) is 18.7 Å². The molecule has 3 nitrogen and oxygen atoms in total. The lowest BCUT2D eigenvalue weighted by Crippen LogP contribution is -2.27. The molecule has 0 bridgehead atoms. The van der Waals surface area contributed by atoms with Crippen LogP contribution < -0.4 is 4.74 Å². The number of hydrogen-bond donors (Lipinski definition) is 1. The summed E-state index contributed by atoms with van der Waals surface area (Å²) in [6.45, 7) is 9.93. The van der Waals surface area contributed by atoms with Crippen molar-refractivity contribution in [2.24, 2.45) is 0 Å². The minimum Gasteiger partial charge on any atom is -0.493 e. The molecule has 120 valence electrons. The Morgan fingerprint density at radius 3 is 2.38 bits per heavy atom. The molecular formula is C17H28ClNO2. The van der Waals surface area contributed by atoms with Crippen LogP contribution in [-0.4, -0.2) is 36.2 Å². The largest absolute Gasteiger partial charge is 0.493 e. The third-order valence-corrected chi connectivity index (χ3v) is 3.66. The molecule has 1 unspecified atom stereocenters. The summed E-state index contributed by atoms with van der Waals surface area (Å²) in [5, 5.41) is 11.1. The van der Waals surface area contributed by atoms with E-state index >= 15 is 0 Å². The Bertz CT molecular complexity index is 406. The highest BCUT2D eigenvalue weighted by atomic mass is 35.5. The molecule has 21 heavy (non-hydrogen) atoms. The monoisotopic (exact) mass is 313 g/mol. The van der Waals surface area contributed by atoms with Gasteiger partial charge in [-0.2, -0.15) is 0 Å². The summed E-state index contributed by atoms with van der Waals surface area (Å²) in [5.41, 5.74) is 0.789. The third-order valence-electron chi connectivity index (χ3n) is 3.43. The molecule has 1 aromatic carbocycles. The molecule has 0 spiro atoms. The fourth-order valence-corrected chi connectivity index (χ4v) is 2.68. The zero-order valence-electron chi connectivity index (χ0n) is 13.4. The fraction of sp³-hybridized carbons (Fsp3) is 0.647. The van der Waals surface area contributed by atoms with Crippen LogP contribution in [0.25, 0.3) is 0 Å². The first-order chi connectivity index (χ1) is 10.1. The van der Waals surface area contributed by atoms with Gasteiger partial charge < -0.3 is 14.7 Å². The van der Waals surface area contributed by atoms with Crippen molar-refractivity contribution in [3.05, 3.63) is 28.8 Å². The van der Waals surface area contributed by atoms with Crippen LogP contribution >= 0.6 is 11.6 Å². The maximum atomic E-state index is 10.5. The Labute approximate surface area is 133 Å². The molecule has 0 aliphatic carbocycles. The van der Waals surface area contributed by atoms with Crippen molar-refractivity contribution < 1.29 is 9.84 Å². The highest BCUT2D eigenvalue weighted by Crippen LogP contribution is 2.30. The molecule has 1 atom stereocenters. The van der Waals surface area contributed by atoms with E-state index in [0.29, 0.717) is 18.1 Å². The normalized spacial score (nSPS) is 12.7. The van der Waals surface area contributed by atoms with E-state index in [4.69, 9.17) is 16.3 Å². The van der Waals surface area contributed by atoms with Crippen LogP contribution in [0.2, 0.25) is 5.02 Å². The van der Waals surface area contributed by atoms with Crippen LogP contribution in [0, 0.1) is 0 Å². The zero-order chi connectivity index (χ0) is 15.7. The molecule has 1 aromatic rings. The molecule has 1 N–H and O–H groups in total. The first-order valence-corrected chi connectivity index (χ1v) is 8.32. The molecule has 0 aromatic heterocycles. The van der Waals surface area contributed by atoms with E-state index in [1.165, 1.54) is 0 Å². The Morgan fingerprint density at radius 1 is 1.14 bits per heavy atom. The van der Waals surface area contributed by atoms with Crippen molar-refractivity contribution >= 4 is 11.6 Å². The van der Waals surface area contributed by atoms with E-state index < -0.39 is 6.10 Å². The van der Waals surface area contributed by atoms with Gasteiger partial charge in [0.2, 0.25) is 0 Å². The number of hydrogen-bond acceptors (Lipinski definition) is 3. The summed E-state index contributed by atoms with van der Waals surface area (Å²) in [7, 11) is 0. The number of halogens is 1. The third kappa shape index (κ3) is 6.25. The highest BCUT2D eigenvalue weighted by Gasteiger charge is 2.15. The maximum absolute atomic E-state index is 10.5. The first-order valence-electron chi connectivity index (χ1n) is 7.94. The Kier molecular flexibility index (Phi) is 8.74. The van der Waals surface area contributed by atoms with Gasteiger partial charge in [-0.3, -0.25) is 0 Å². The van der Waals surface area contributed by atoms with E-state index in [1.54, 1.807) is 12.1 Å². The Balaban J connectivity index is 2.69. The van der Waals surface area contributed by atoms with Crippen LogP contribution in [0.1, 0.15) is 51.7 Å². The Hall–Kier alpha value is -0.770. The standard InChI is InChI=1S/C17H28ClNO2/c1-4-10-19(11-5-2)12-9-16(20)15-13-14(18)7-8-17(15)21-6-3/h7-8,13,16,20H,4-6,9-12H2,1-3H3. The maximum Gasteiger partial charge on any atom is 0.125 e. The Morgan fingerprint density at radius 2 is 1.81 bits per heavy atom. The molecule has 0 saturated heterocycles. The summed E-state index contributed by atoms with van der Waals surface area (Å²) in [5.74, 6) is 0.729. The van der Waals surface area contributed by atoms with Gasteiger partial charge in [0, 0.05) is 17.1 Å². The van der Waals surface area contributed by atoms with E-state index in [9.17, 15) is 5.11 Å². The van der Waals surface area contributed by atoms with Gasteiger partial charge in [-0.15, -0.1) is 0 Å². The predicted octanol–water partition coefficient (Wildman–Crippen LogP) is 4.28. The first kappa shape index (κ1) is 18.3. The molecule has 0 radical (unpaired) electrons. The number of nitrogens with zero attached hydrogens (tertiary/aromatic N) is 1. The molecule has 0 fully saturated rings. The quantitative estimate of drug-likeness (QED) is 0.699. The van der Waals surface area contributed by atoms with E-state index in [1.807, 2.05) is 13.0 Å². The van der Waals surface area contributed by atoms with Gasteiger partial charge in [-0.05, 0) is 57.5 Å². The topological polar surface area (TPSA) is 32.7 Å². The number of ether oxygens (including phenoxy) is 1. The molecule has 4 heteroatoms. The van der Waals surface area contributed by atoms with Crippen molar-refractivity contribution in [2.45, 2.75) is 46.1 Å². The lowest BCUT2D eigenvalue weighted by Gasteiger charge is -2.23. The predicted molar refractivity (Wildman–Crippen MR) is 89.2 cm³/mol. The van der Waals surface area contributed by atoms with Gasteiger partial charge >= 0.3 is 0 Å². The van der Waals surface area contributed by atoms with Crippen LogP contribution in [-0.2, 0) is 0 Å². The second-order valence-electron chi connectivity index (χ2n) is 5.26. The number of rotatable bonds is 10. The van der Waals surface area contributed by atoms with Gasteiger partial charge in [0.05, 0.1) is 12.7 Å². The van der Waals surface area contributed by atoms with E-state index in [-0.39, 0.29) is 0 Å². The summed E-state index contributed by atoms with van der Waals surface area (Å²) >= 11 is 6.05. The average Bonchev–Trinajstić information content (AvgIpc) is 2.47. The summed E-state index contributed by atoms with van der Waals surface area (Å²) in [6, 6.07) is 5.44. The number of aliphatic hydroxyl groups excluding tert-OH is 1. The molecule has 0 saturated carbocycles. The number of benzene rings is 1. The van der Waals surface area contributed by atoms with Crippen molar-refractivity contribution in [1.82, 2.24) is 4.90 Å². The van der Waals surface area contributed by atoms with Crippen molar-refractivity contribution in [1.29, 1.82) is 0 Å². The van der Waals surface area contributed by atoms with Gasteiger partial charge in [-0.1, -0.05) is 25.4 Å². The second-order valence-corrected chi connectivity index (χ2v) is 5.70. The van der Waals surface area contributed by atoms with Gasteiger partial charge in [-0.25, -0.2) is 0 Å². The lowest BCUT2D eigenvalue weighted by molar-refractivity contribution is 0.138. The van der Waals surface area contributed by atoms with Gasteiger partial charge in [0.15, 0.2) is 0 Å². The second kappa shape index (κ2) is 10.0. The van der Waals surface area contributed by atoms with Crippen LogP contribution in [0.5, 0.6) is 5.75 Å². The lowest BCUT2D eigenvalue weighted by atomic mass is 10.0. The van der Waals surface area contributed by atoms with Crippen LogP contribution in [0.15, 0.2) is 18.2 Å². The summed E-state index contributed by atoms with van der Waals surface area (Å²) < 4.78 is 5.58.